The first-order valence-corrected chi connectivity index (χ1v) is 5.07. The van der Waals surface area contributed by atoms with Crippen molar-refractivity contribution >= 4 is 0 Å². The van der Waals surface area contributed by atoms with Crippen molar-refractivity contribution in [1.82, 2.24) is 4.98 Å². The van der Waals surface area contributed by atoms with Crippen LogP contribution in [0.3, 0.4) is 0 Å². The molecule has 0 radical (unpaired) electrons. The summed E-state index contributed by atoms with van der Waals surface area (Å²) in [6, 6.07) is 0. The van der Waals surface area contributed by atoms with E-state index in [0.717, 1.165) is 12.0 Å². The van der Waals surface area contributed by atoms with E-state index < -0.39 is 0 Å². The second kappa shape index (κ2) is 5.09. The first-order valence-electron chi connectivity index (χ1n) is 5.07. The Labute approximate surface area is 89.2 Å². The van der Waals surface area contributed by atoms with Gasteiger partial charge in [0.1, 0.15) is 5.75 Å². The number of hydrogen-bond donors (Lipinski definition) is 3. The molecule has 0 aliphatic heterocycles. The molecule has 0 saturated heterocycles. The molecule has 84 valence electrons. The van der Waals surface area contributed by atoms with E-state index in [1.807, 2.05) is 6.92 Å². The molecule has 0 amide bonds. The number of aromatic hydroxyl groups is 1. The van der Waals surface area contributed by atoms with E-state index >= 15 is 0 Å². The van der Waals surface area contributed by atoms with Crippen molar-refractivity contribution in [3.63, 3.8) is 0 Å². The van der Waals surface area contributed by atoms with Crippen LogP contribution in [0.4, 0.5) is 0 Å². The van der Waals surface area contributed by atoms with Crippen molar-refractivity contribution in [3.05, 3.63) is 22.5 Å². The molecular weight excluding hydrogens is 194 g/mol. The topological polar surface area (TPSA) is 73.6 Å². The molecule has 4 nitrogen and oxygen atoms in total. The molecule has 1 heterocycles. The van der Waals surface area contributed by atoms with E-state index in [0.29, 0.717) is 23.4 Å². The van der Waals surface area contributed by atoms with Crippen molar-refractivity contribution < 1.29 is 15.3 Å². The van der Waals surface area contributed by atoms with Crippen molar-refractivity contribution in [2.24, 2.45) is 0 Å². The van der Waals surface area contributed by atoms with Gasteiger partial charge < -0.3 is 15.3 Å². The van der Waals surface area contributed by atoms with Crippen LogP contribution in [0, 0.1) is 6.92 Å². The van der Waals surface area contributed by atoms with Crippen molar-refractivity contribution in [2.45, 2.75) is 39.9 Å². The molecular formula is C11H17NO3. The summed E-state index contributed by atoms with van der Waals surface area (Å²) < 4.78 is 0. The molecule has 15 heavy (non-hydrogen) atoms. The zero-order valence-corrected chi connectivity index (χ0v) is 9.12. The van der Waals surface area contributed by atoms with Crippen LogP contribution in [0.5, 0.6) is 5.75 Å². The first-order chi connectivity index (χ1) is 7.15. The lowest BCUT2D eigenvalue weighted by Gasteiger charge is -2.14. The van der Waals surface area contributed by atoms with E-state index in [4.69, 9.17) is 5.11 Å². The number of aryl methyl sites for hydroxylation is 1. The van der Waals surface area contributed by atoms with E-state index in [9.17, 15) is 10.2 Å². The van der Waals surface area contributed by atoms with Gasteiger partial charge in [-0.2, -0.15) is 0 Å². The van der Waals surface area contributed by atoms with Crippen molar-refractivity contribution in [2.75, 3.05) is 0 Å². The van der Waals surface area contributed by atoms with Gasteiger partial charge in [0.15, 0.2) is 0 Å². The number of rotatable bonds is 4. The summed E-state index contributed by atoms with van der Waals surface area (Å²) in [5.74, 6) is 0.0400. The van der Waals surface area contributed by atoms with Crippen LogP contribution in [0.1, 0.15) is 35.9 Å². The maximum absolute atomic E-state index is 9.72. The third-order valence-electron chi connectivity index (χ3n) is 2.45. The molecule has 3 N–H and O–H groups in total. The third-order valence-corrected chi connectivity index (χ3v) is 2.45. The molecule has 1 aromatic rings. The molecule has 0 saturated carbocycles. The molecule has 0 aromatic carbocycles. The highest BCUT2D eigenvalue weighted by molar-refractivity contribution is 5.43. The summed E-state index contributed by atoms with van der Waals surface area (Å²) in [5, 5.41) is 28.1. The van der Waals surface area contributed by atoms with Crippen LogP contribution in [-0.2, 0) is 19.6 Å². The van der Waals surface area contributed by atoms with Crippen LogP contribution in [0.25, 0.3) is 0 Å². The number of hydrogen-bond acceptors (Lipinski definition) is 4. The van der Waals surface area contributed by atoms with E-state index in [-0.39, 0.29) is 19.0 Å². The Hall–Kier alpha value is -1.13. The molecule has 0 fully saturated rings. The zero-order chi connectivity index (χ0) is 11.4. The predicted octanol–water partition coefficient (Wildman–Crippen LogP) is 1.03. The second-order valence-corrected chi connectivity index (χ2v) is 3.52. The maximum atomic E-state index is 9.72. The molecule has 0 aliphatic carbocycles. The quantitative estimate of drug-likeness (QED) is 0.695. The molecule has 0 atom stereocenters. The first kappa shape index (κ1) is 11.9. The van der Waals surface area contributed by atoms with Gasteiger partial charge in [0.05, 0.1) is 24.6 Å². The Bertz CT molecular complexity index is 350. The molecule has 0 aliphatic rings. The lowest BCUT2D eigenvalue weighted by molar-refractivity contribution is 0.264. The minimum Gasteiger partial charge on any atom is -0.506 e. The average molecular weight is 211 g/mol. The van der Waals surface area contributed by atoms with Gasteiger partial charge in [-0.25, -0.2) is 0 Å². The number of aliphatic hydroxyl groups excluding tert-OH is 2. The molecule has 1 aromatic heterocycles. The Balaban J connectivity index is 3.35. The molecule has 0 spiro atoms. The van der Waals surface area contributed by atoms with E-state index in [1.165, 1.54) is 0 Å². The van der Waals surface area contributed by atoms with Crippen molar-refractivity contribution in [3.8, 4) is 5.75 Å². The minimum absolute atomic E-state index is 0.0400. The van der Waals surface area contributed by atoms with E-state index in [2.05, 4.69) is 4.98 Å². The van der Waals surface area contributed by atoms with Crippen molar-refractivity contribution in [1.29, 1.82) is 0 Å². The summed E-state index contributed by atoms with van der Waals surface area (Å²) in [6.07, 6.45) is 1.58. The Kier molecular flexibility index (Phi) is 4.05. The van der Waals surface area contributed by atoms with Gasteiger partial charge in [0.25, 0.3) is 0 Å². The lowest BCUT2D eigenvalue weighted by Crippen LogP contribution is -2.06. The Morgan fingerprint density at radius 3 is 2.27 bits per heavy atom. The maximum Gasteiger partial charge on any atom is 0.142 e. The highest BCUT2D eigenvalue weighted by Crippen LogP contribution is 2.27. The summed E-state index contributed by atoms with van der Waals surface area (Å²) in [6.45, 7) is 3.27. The largest absolute Gasteiger partial charge is 0.506 e. The highest BCUT2D eigenvalue weighted by Gasteiger charge is 2.15. The predicted molar refractivity (Wildman–Crippen MR) is 56.5 cm³/mol. The van der Waals surface area contributed by atoms with Gasteiger partial charge in [-0.1, -0.05) is 13.3 Å². The summed E-state index contributed by atoms with van der Waals surface area (Å²) >= 11 is 0. The lowest BCUT2D eigenvalue weighted by atomic mass is 10.00. The summed E-state index contributed by atoms with van der Waals surface area (Å²) in [4.78, 5) is 4.11. The van der Waals surface area contributed by atoms with Gasteiger partial charge in [-0.05, 0) is 18.9 Å². The molecule has 0 bridgehead atoms. The monoisotopic (exact) mass is 211 g/mol. The van der Waals surface area contributed by atoms with Crippen LogP contribution in [-0.4, -0.2) is 20.3 Å². The fraction of sp³-hybridized carbons (Fsp3) is 0.545. The average Bonchev–Trinajstić information content (AvgIpc) is 2.24. The summed E-state index contributed by atoms with van der Waals surface area (Å²) in [7, 11) is 0. The smallest absolute Gasteiger partial charge is 0.142 e. The van der Waals surface area contributed by atoms with Crippen LogP contribution < -0.4 is 0 Å². The highest BCUT2D eigenvalue weighted by atomic mass is 16.3. The van der Waals surface area contributed by atoms with Gasteiger partial charge in [-0.15, -0.1) is 0 Å². The zero-order valence-electron chi connectivity index (χ0n) is 9.12. The normalized spacial score (nSPS) is 10.7. The Morgan fingerprint density at radius 1 is 1.13 bits per heavy atom. The van der Waals surface area contributed by atoms with Crippen LogP contribution in [0.2, 0.25) is 0 Å². The number of pyridine rings is 1. The number of aliphatic hydroxyl groups is 2. The van der Waals surface area contributed by atoms with Crippen LogP contribution in [0.15, 0.2) is 0 Å². The molecule has 1 rings (SSSR count). The van der Waals surface area contributed by atoms with Gasteiger partial charge >= 0.3 is 0 Å². The molecule has 4 heteroatoms. The summed E-state index contributed by atoms with van der Waals surface area (Å²) in [5.41, 5.74) is 2.26. The Morgan fingerprint density at radius 2 is 1.80 bits per heavy atom. The standard InChI is InChI=1S/C11H17NO3/c1-3-4-8-9(5-13)11(15)7(2)12-10(8)6-14/h13-15H,3-6H2,1-2H3. The fourth-order valence-corrected chi connectivity index (χ4v) is 1.70. The second-order valence-electron chi connectivity index (χ2n) is 3.52. The van der Waals surface area contributed by atoms with Gasteiger partial charge in [0, 0.05) is 5.56 Å². The number of aromatic nitrogens is 1. The molecule has 0 unspecified atom stereocenters. The fourth-order valence-electron chi connectivity index (χ4n) is 1.70. The number of nitrogens with zero attached hydrogens (tertiary/aromatic N) is 1. The van der Waals surface area contributed by atoms with Crippen LogP contribution >= 0.6 is 0 Å². The third kappa shape index (κ3) is 2.27. The SMILES string of the molecule is CCCc1c(CO)nc(C)c(O)c1CO. The minimum atomic E-state index is -0.225. The van der Waals surface area contributed by atoms with Gasteiger partial charge in [-0.3, -0.25) is 4.98 Å². The van der Waals surface area contributed by atoms with E-state index in [1.54, 1.807) is 6.92 Å². The van der Waals surface area contributed by atoms with Gasteiger partial charge in [0.2, 0.25) is 0 Å².